The monoisotopic (exact) mass is 311 g/mol. The summed E-state index contributed by atoms with van der Waals surface area (Å²) in [6.45, 7) is 0. The fourth-order valence-corrected chi connectivity index (χ4v) is 1.81. The molecule has 0 atom stereocenters. The molecule has 0 saturated heterocycles. The fourth-order valence-electron chi connectivity index (χ4n) is 1.81. The van der Waals surface area contributed by atoms with Crippen LogP contribution in [0.25, 0.3) is 0 Å². The van der Waals surface area contributed by atoms with E-state index >= 15 is 0 Å². The summed E-state index contributed by atoms with van der Waals surface area (Å²) in [5.74, 6) is 3.59. The molecule has 6 nitrogen and oxygen atoms in total. The summed E-state index contributed by atoms with van der Waals surface area (Å²) < 4.78 is 0. The van der Waals surface area contributed by atoms with Crippen LogP contribution in [0.5, 0.6) is 5.75 Å². The number of aromatic hydroxyl groups is 1. The van der Waals surface area contributed by atoms with Crippen LogP contribution < -0.4 is 0 Å². The van der Waals surface area contributed by atoms with Gasteiger partial charge in [0.25, 0.3) is 0 Å². The predicted molar refractivity (Wildman–Crippen MR) is 81.2 cm³/mol. The highest BCUT2D eigenvalue weighted by atomic mass is 16.4. The predicted octanol–water partition coefficient (Wildman–Crippen LogP) is 1.90. The number of hydrogen-bond acceptors (Lipinski definition) is 4. The number of aromatic carboxylic acids is 1. The number of benzene rings is 1. The average Bonchev–Trinajstić information content (AvgIpc) is 2.53. The molecule has 0 unspecified atom stereocenters. The first-order chi connectivity index (χ1) is 11.0. The third-order valence-corrected chi connectivity index (χ3v) is 2.99. The summed E-state index contributed by atoms with van der Waals surface area (Å²) in [6.07, 6.45) is -0.0158. The van der Waals surface area contributed by atoms with E-state index in [2.05, 4.69) is 16.8 Å². The maximum atomic E-state index is 10.8. The van der Waals surface area contributed by atoms with E-state index in [9.17, 15) is 14.7 Å². The lowest BCUT2D eigenvalue weighted by Gasteiger charge is -2.02. The van der Waals surface area contributed by atoms with Crippen molar-refractivity contribution in [3.63, 3.8) is 0 Å². The van der Waals surface area contributed by atoms with Crippen molar-refractivity contribution in [1.29, 1.82) is 0 Å². The van der Waals surface area contributed by atoms with Crippen LogP contribution in [0.4, 0.5) is 0 Å². The minimum absolute atomic E-state index is 0.0670. The number of pyridine rings is 1. The number of aromatic nitrogens is 1. The molecule has 1 aromatic heterocycles. The molecule has 0 aliphatic heterocycles. The first-order valence-corrected chi connectivity index (χ1v) is 6.72. The fraction of sp³-hybridized carbons (Fsp3) is 0.118. The number of nitrogens with zero attached hydrogens (tertiary/aromatic N) is 1. The Bertz CT molecular complexity index is 800. The molecule has 0 aliphatic carbocycles. The number of aliphatic carboxylic acids is 1. The van der Waals surface area contributed by atoms with Gasteiger partial charge >= 0.3 is 11.9 Å². The van der Waals surface area contributed by atoms with Gasteiger partial charge in [0.05, 0.1) is 17.7 Å². The molecule has 0 radical (unpaired) electrons. The van der Waals surface area contributed by atoms with Crippen LogP contribution in [0.2, 0.25) is 0 Å². The van der Waals surface area contributed by atoms with E-state index in [1.807, 2.05) is 0 Å². The Morgan fingerprint density at radius 3 is 2.30 bits per heavy atom. The third kappa shape index (κ3) is 4.58. The van der Waals surface area contributed by atoms with Crippen molar-refractivity contribution in [2.45, 2.75) is 12.8 Å². The molecule has 1 heterocycles. The van der Waals surface area contributed by atoms with Crippen molar-refractivity contribution in [2.75, 3.05) is 0 Å². The van der Waals surface area contributed by atoms with Gasteiger partial charge in [-0.3, -0.25) is 4.79 Å². The largest absolute Gasteiger partial charge is 0.506 e. The number of rotatable bonds is 4. The zero-order valence-electron chi connectivity index (χ0n) is 12.0. The Labute approximate surface area is 132 Å². The van der Waals surface area contributed by atoms with E-state index in [4.69, 9.17) is 10.2 Å². The van der Waals surface area contributed by atoms with Gasteiger partial charge in [0.15, 0.2) is 0 Å². The Morgan fingerprint density at radius 1 is 1.00 bits per heavy atom. The minimum Gasteiger partial charge on any atom is -0.506 e. The van der Waals surface area contributed by atoms with Gasteiger partial charge in [-0.15, -0.1) is 0 Å². The van der Waals surface area contributed by atoms with E-state index < -0.39 is 11.9 Å². The lowest BCUT2D eigenvalue weighted by Crippen LogP contribution is -2.00. The number of carboxylic acids is 2. The number of aryl methyl sites for hydroxylation is 1. The van der Waals surface area contributed by atoms with Crippen LogP contribution in [-0.2, 0) is 11.2 Å². The quantitative estimate of drug-likeness (QED) is 0.744. The van der Waals surface area contributed by atoms with Crippen LogP contribution in [0.1, 0.15) is 33.7 Å². The lowest BCUT2D eigenvalue weighted by molar-refractivity contribution is -0.136. The highest BCUT2D eigenvalue weighted by Crippen LogP contribution is 2.16. The minimum atomic E-state index is -1.01. The van der Waals surface area contributed by atoms with E-state index in [0.717, 1.165) is 0 Å². The first-order valence-electron chi connectivity index (χ1n) is 6.72. The average molecular weight is 311 g/mol. The van der Waals surface area contributed by atoms with Gasteiger partial charge in [-0.2, -0.15) is 0 Å². The summed E-state index contributed by atoms with van der Waals surface area (Å²) in [7, 11) is 0. The molecule has 23 heavy (non-hydrogen) atoms. The first kappa shape index (κ1) is 16.0. The van der Waals surface area contributed by atoms with Crippen molar-refractivity contribution < 1.29 is 24.9 Å². The Morgan fingerprint density at radius 2 is 1.70 bits per heavy atom. The molecule has 0 saturated carbocycles. The summed E-state index contributed by atoms with van der Waals surface area (Å²) in [4.78, 5) is 25.5. The molecule has 1 aromatic carbocycles. The van der Waals surface area contributed by atoms with Gasteiger partial charge in [-0.1, -0.05) is 5.92 Å². The van der Waals surface area contributed by atoms with Crippen LogP contribution in [0, 0.1) is 11.8 Å². The molecule has 0 amide bonds. The van der Waals surface area contributed by atoms with Gasteiger partial charge < -0.3 is 15.3 Å². The second-order valence-electron chi connectivity index (χ2n) is 4.69. The van der Waals surface area contributed by atoms with Crippen LogP contribution in [-0.4, -0.2) is 32.2 Å². The molecular formula is C17H13NO5. The van der Waals surface area contributed by atoms with Gasteiger partial charge in [0, 0.05) is 12.0 Å². The van der Waals surface area contributed by atoms with Crippen LogP contribution in [0.3, 0.4) is 0 Å². The van der Waals surface area contributed by atoms with Crippen LogP contribution in [0.15, 0.2) is 36.4 Å². The molecular weight excluding hydrogens is 298 g/mol. The Hall–Kier alpha value is -3.33. The highest BCUT2D eigenvalue weighted by molar-refractivity contribution is 5.87. The SMILES string of the molecule is O=C(O)CCc1nc(C#Cc2ccc(C(=O)O)cc2)ccc1O. The van der Waals surface area contributed by atoms with Crippen molar-refractivity contribution in [3.05, 3.63) is 58.9 Å². The molecule has 0 bridgehead atoms. The number of carbonyl (C=O) groups is 2. The van der Waals surface area contributed by atoms with E-state index in [1.54, 1.807) is 12.1 Å². The number of hydrogen-bond donors (Lipinski definition) is 3. The normalized spacial score (nSPS) is 9.74. The summed E-state index contributed by atoms with van der Waals surface area (Å²) in [6, 6.07) is 9.02. The number of carboxylic acid groups (broad SMARTS) is 2. The van der Waals surface area contributed by atoms with Crippen molar-refractivity contribution in [2.24, 2.45) is 0 Å². The maximum Gasteiger partial charge on any atom is 0.335 e. The molecule has 0 aliphatic rings. The summed E-state index contributed by atoms with van der Waals surface area (Å²) in [5, 5.41) is 27.1. The standard InChI is InChI=1S/C17H13NO5/c19-15-9-7-13(18-14(15)8-10-16(20)21)6-3-11-1-4-12(5-2-11)17(22)23/h1-2,4-5,7,9,19H,8,10H2,(H,20,21)(H,22,23). The second-order valence-corrected chi connectivity index (χ2v) is 4.69. The maximum absolute atomic E-state index is 10.8. The van der Waals surface area contributed by atoms with Gasteiger partial charge in [0.1, 0.15) is 11.4 Å². The van der Waals surface area contributed by atoms with Crippen LogP contribution >= 0.6 is 0 Å². The van der Waals surface area contributed by atoms with Gasteiger partial charge in [0.2, 0.25) is 0 Å². The molecule has 6 heteroatoms. The second kappa shape index (κ2) is 7.09. The molecule has 3 N–H and O–H groups in total. The topological polar surface area (TPSA) is 108 Å². The summed E-state index contributed by atoms with van der Waals surface area (Å²) in [5.41, 5.74) is 1.47. The molecule has 2 rings (SSSR count). The van der Waals surface area contributed by atoms with Crippen molar-refractivity contribution in [1.82, 2.24) is 4.98 Å². The van der Waals surface area contributed by atoms with E-state index in [1.165, 1.54) is 24.3 Å². The smallest absolute Gasteiger partial charge is 0.335 e. The van der Waals surface area contributed by atoms with Crippen molar-refractivity contribution >= 4 is 11.9 Å². The molecule has 0 spiro atoms. The zero-order chi connectivity index (χ0) is 16.8. The molecule has 2 aromatic rings. The Balaban J connectivity index is 2.18. The van der Waals surface area contributed by atoms with E-state index in [0.29, 0.717) is 11.3 Å². The lowest BCUT2D eigenvalue weighted by atomic mass is 10.1. The highest BCUT2D eigenvalue weighted by Gasteiger charge is 2.06. The summed E-state index contributed by atoms with van der Waals surface area (Å²) >= 11 is 0. The van der Waals surface area contributed by atoms with E-state index in [-0.39, 0.29) is 29.8 Å². The third-order valence-electron chi connectivity index (χ3n) is 2.99. The van der Waals surface area contributed by atoms with Crippen molar-refractivity contribution in [3.8, 4) is 17.6 Å². The van der Waals surface area contributed by atoms with Gasteiger partial charge in [-0.25, -0.2) is 9.78 Å². The molecule has 116 valence electrons. The van der Waals surface area contributed by atoms with Gasteiger partial charge in [-0.05, 0) is 42.3 Å². The zero-order valence-corrected chi connectivity index (χ0v) is 12.0. The molecule has 0 fully saturated rings. The Kier molecular flexibility index (Phi) is 4.95.